The van der Waals surface area contributed by atoms with Crippen LogP contribution in [-0.4, -0.2) is 27.4 Å². The van der Waals surface area contributed by atoms with E-state index in [2.05, 4.69) is 36.6 Å². The Balaban J connectivity index is 1.51. The Kier molecular flexibility index (Phi) is 5.67. The molecule has 1 aromatic heterocycles. The standard InChI is InChI=1S/C24H30N2O2/c1-17-12-13-21(14-18(17)2)28-16-20(27)15-26-23-11-7-6-10-22(23)25-24(26)19-8-4-3-5-9-19/h6-7,10-14,19-20,27H,3-5,8-9,15-16H2,1-2H3/t20-/m0/s1. The smallest absolute Gasteiger partial charge is 0.119 e. The number of aromatic nitrogens is 2. The largest absolute Gasteiger partial charge is 0.491 e. The van der Waals surface area contributed by atoms with E-state index < -0.39 is 6.10 Å². The maximum atomic E-state index is 10.7. The monoisotopic (exact) mass is 378 g/mol. The number of rotatable bonds is 6. The van der Waals surface area contributed by atoms with E-state index in [9.17, 15) is 5.11 Å². The highest BCUT2D eigenvalue weighted by molar-refractivity contribution is 5.76. The van der Waals surface area contributed by atoms with E-state index in [1.54, 1.807) is 0 Å². The fourth-order valence-corrected chi connectivity index (χ4v) is 4.22. The van der Waals surface area contributed by atoms with E-state index in [-0.39, 0.29) is 6.61 Å². The van der Waals surface area contributed by atoms with Crippen LogP contribution in [0.5, 0.6) is 5.75 Å². The Bertz CT molecular complexity index is 941. The molecular weight excluding hydrogens is 348 g/mol. The van der Waals surface area contributed by atoms with Crippen LogP contribution >= 0.6 is 0 Å². The molecule has 3 aromatic rings. The Morgan fingerprint density at radius 2 is 1.86 bits per heavy atom. The van der Waals surface area contributed by atoms with Crippen molar-refractivity contribution >= 4 is 11.0 Å². The van der Waals surface area contributed by atoms with Crippen LogP contribution < -0.4 is 4.74 Å². The molecule has 0 bridgehead atoms. The molecule has 2 aromatic carbocycles. The fraction of sp³-hybridized carbons (Fsp3) is 0.458. The van der Waals surface area contributed by atoms with Crippen LogP contribution in [0.1, 0.15) is 55.0 Å². The molecule has 0 amide bonds. The van der Waals surface area contributed by atoms with Crippen molar-refractivity contribution in [3.63, 3.8) is 0 Å². The van der Waals surface area contributed by atoms with Gasteiger partial charge in [-0.2, -0.15) is 0 Å². The molecule has 1 fully saturated rings. The molecule has 1 aliphatic rings. The topological polar surface area (TPSA) is 47.3 Å². The minimum atomic E-state index is -0.582. The lowest BCUT2D eigenvalue weighted by Gasteiger charge is -2.23. The quantitative estimate of drug-likeness (QED) is 0.646. The Hall–Kier alpha value is -2.33. The number of imidazole rings is 1. The van der Waals surface area contributed by atoms with Crippen LogP contribution in [-0.2, 0) is 6.54 Å². The summed E-state index contributed by atoms with van der Waals surface area (Å²) in [6.07, 6.45) is 5.67. The minimum Gasteiger partial charge on any atom is -0.491 e. The van der Waals surface area contributed by atoms with Crippen molar-refractivity contribution in [1.82, 2.24) is 9.55 Å². The summed E-state index contributed by atoms with van der Waals surface area (Å²) in [5, 5.41) is 10.7. The zero-order valence-corrected chi connectivity index (χ0v) is 16.9. The van der Waals surface area contributed by atoms with Gasteiger partial charge in [0.1, 0.15) is 24.3 Å². The first-order valence-corrected chi connectivity index (χ1v) is 10.4. The highest BCUT2D eigenvalue weighted by atomic mass is 16.5. The number of benzene rings is 2. The first-order chi connectivity index (χ1) is 13.6. The van der Waals surface area contributed by atoms with E-state index in [0.717, 1.165) is 22.6 Å². The van der Waals surface area contributed by atoms with Crippen molar-refractivity contribution in [2.24, 2.45) is 0 Å². The second-order valence-corrected chi connectivity index (χ2v) is 8.12. The van der Waals surface area contributed by atoms with Crippen molar-refractivity contribution in [3.05, 3.63) is 59.4 Å². The number of aryl methyl sites for hydroxylation is 2. The predicted molar refractivity (Wildman–Crippen MR) is 113 cm³/mol. The average Bonchev–Trinajstić information content (AvgIpc) is 3.08. The number of hydrogen-bond acceptors (Lipinski definition) is 3. The van der Waals surface area contributed by atoms with Crippen molar-refractivity contribution in [3.8, 4) is 5.75 Å². The molecule has 28 heavy (non-hydrogen) atoms. The van der Waals surface area contributed by atoms with Crippen molar-refractivity contribution in [2.75, 3.05) is 6.61 Å². The molecule has 4 nitrogen and oxygen atoms in total. The van der Waals surface area contributed by atoms with Gasteiger partial charge in [-0.3, -0.25) is 0 Å². The third-order valence-corrected chi connectivity index (χ3v) is 5.97. The third kappa shape index (κ3) is 4.07. The van der Waals surface area contributed by atoms with Crippen LogP contribution in [0.3, 0.4) is 0 Å². The molecule has 0 radical (unpaired) electrons. The van der Waals surface area contributed by atoms with Gasteiger partial charge < -0.3 is 14.4 Å². The second-order valence-electron chi connectivity index (χ2n) is 8.12. The number of para-hydroxylation sites is 2. The van der Waals surface area contributed by atoms with E-state index in [0.29, 0.717) is 12.5 Å². The summed E-state index contributed by atoms with van der Waals surface area (Å²) < 4.78 is 8.09. The van der Waals surface area contributed by atoms with Gasteiger partial charge in [-0.25, -0.2) is 4.98 Å². The molecule has 0 unspecified atom stereocenters. The summed E-state index contributed by atoms with van der Waals surface area (Å²) in [5.41, 5.74) is 4.57. The SMILES string of the molecule is Cc1ccc(OC[C@@H](O)Cn2c(C3CCCCC3)nc3ccccc32)cc1C. The number of fused-ring (bicyclic) bond motifs is 1. The van der Waals surface area contributed by atoms with Crippen LogP contribution in [0, 0.1) is 13.8 Å². The molecule has 4 heteroatoms. The molecular formula is C24H30N2O2. The van der Waals surface area contributed by atoms with Crippen molar-refractivity contribution in [1.29, 1.82) is 0 Å². The Morgan fingerprint density at radius 3 is 2.64 bits per heavy atom. The molecule has 0 saturated heterocycles. The van der Waals surface area contributed by atoms with E-state index in [1.807, 2.05) is 24.3 Å². The number of ether oxygens (including phenoxy) is 1. The first kappa shape index (κ1) is 19.0. The zero-order valence-electron chi connectivity index (χ0n) is 16.9. The van der Waals surface area contributed by atoms with Crippen molar-refractivity contribution in [2.45, 2.75) is 64.5 Å². The summed E-state index contributed by atoms with van der Waals surface area (Å²) in [6, 6.07) is 14.3. The number of nitrogens with zero attached hydrogens (tertiary/aromatic N) is 2. The van der Waals surface area contributed by atoms with E-state index in [4.69, 9.17) is 9.72 Å². The van der Waals surface area contributed by atoms with Crippen molar-refractivity contribution < 1.29 is 9.84 Å². The molecule has 0 spiro atoms. The van der Waals surface area contributed by atoms with E-state index >= 15 is 0 Å². The van der Waals surface area contributed by atoms with Crippen LogP contribution in [0.25, 0.3) is 11.0 Å². The summed E-state index contributed by atoms with van der Waals surface area (Å²) in [7, 11) is 0. The molecule has 1 saturated carbocycles. The van der Waals surface area contributed by atoms with Gasteiger partial charge in [0.25, 0.3) is 0 Å². The third-order valence-electron chi connectivity index (χ3n) is 5.97. The second kappa shape index (κ2) is 8.36. The summed E-state index contributed by atoms with van der Waals surface area (Å²) in [5.74, 6) is 2.44. The zero-order chi connectivity index (χ0) is 19.5. The Morgan fingerprint density at radius 1 is 1.07 bits per heavy atom. The molecule has 4 rings (SSSR count). The number of hydrogen-bond donors (Lipinski definition) is 1. The highest BCUT2D eigenvalue weighted by Gasteiger charge is 2.23. The Labute approximate surface area is 167 Å². The molecule has 148 valence electrons. The lowest BCUT2D eigenvalue weighted by molar-refractivity contribution is 0.0922. The molecule has 1 heterocycles. The van der Waals surface area contributed by atoms with Gasteiger partial charge in [-0.05, 0) is 62.1 Å². The predicted octanol–water partition coefficient (Wildman–Crippen LogP) is 5.14. The number of aliphatic hydroxyl groups excluding tert-OH is 1. The van der Waals surface area contributed by atoms with Gasteiger partial charge in [0.2, 0.25) is 0 Å². The summed E-state index contributed by atoms with van der Waals surface area (Å²) >= 11 is 0. The van der Waals surface area contributed by atoms with Gasteiger partial charge in [0.05, 0.1) is 17.6 Å². The molecule has 0 aliphatic heterocycles. The molecule has 1 N–H and O–H groups in total. The van der Waals surface area contributed by atoms with Gasteiger partial charge in [0.15, 0.2) is 0 Å². The average molecular weight is 379 g/mol. The van der Waals surface area contributed by atoms with Crippen LogP contribution in [0.4, 0.5) is 0 Å². The van der Waals surface area contributed by atoms with E-state index in [1.165, 1.54) is 43.2 Å². The van der Waals surface area contributed by atoms with Gasteiger partial charge in [-0.15, -0.1) is 0 Å². The van der Waals surface area contributed by atoms with Gasteiger partial charge >= 0.3 is 0 Å². The first-order valence-electron chi connectivity index (χ1n) is 10.4. The lowest BCUT2D eigenvalue weighted by atomic mass is 9.88. The molecule has 1 atom stereocenters. The fourth-order valence-electron chi connectivity index (χ4n) is 4.22. The number of aliphatic hydroxyl groups is 1. The van der Waals surface area contributed by atoms with Crippen LogP contribution in [0.15, 0.2) is 42.5 Å². The van der Waals surface area contributed by atoms with Crippen LogP contribution in [0.2, 0.25) is 0 Å². The maximum Gasteiger partial charge on any atom is 0.119 e. The van der Waals surface area contributed by atoms with Gasteiger partial charge in [-0.1, -0.05) is 37.5 Å². The van der Waals surface area contributed by atoms with Gasteiger partial charge in [0, 0.05) is 5.92 Å². The normalized spacial score (nSPS) is 16.4. The maximum absolute atomic E-state index is 10.7. The summed E-state index contributed by atoms with van der Waals surface area (Å²) in [4.78, 5) is 4.94. The summed E-state index contributed by atoms with van der Waals surface area (Å²) in [6.45, 7) is 4.95. The highest BCUT2D eigenvalue weighted by Crippen LogP contribution is 2.34. The minimum absolute atomic E-state index is 0.277. The lowest BCUT2D eigenvalue weighted by Crippen LogP contribution is -2.25. The molecule has 1 aliphatic carbocycles.